The molecule has 0 aliphatic carbocycles. The second-order valence-electron chi connectivity index (χ2n) is 6.45. The van der Waals surface area contributed by atoms with Crippen LogP contribution >= 0.6 is 0 Å². The molecule has 3 rings (SSSR count). The predicted octanol–water partition coefficient (Wildman–Crippen LogP) is 1.79. The van der Waals surface area contributed by atoms with Gasteiger partial charge in [0.05, 0.1) is 4.90 Å². The average molecular weight is 373 g/mol. The summed E-state index contributed by atoms with van der Waals surface area (Å²) >= 11 is 0. The molecule has 0 aromatic heterocycles. The van der Waals surface area contributed by atoms with E-state index in [0.29, 0.717) is 6.54 Å². The van der Waals surface area contributed by atoms with Gasteiger partial charge in [-0.15, -0.1) is 0 Å². The van der Waals surface area contributed by atoms with Crippen molar-refractivity contribution in [1.82, 2.24) is 10.2 Å². The van der Waals surface area contributed by atoms with Crippen molar-refractivity contribution in [3.8, 4) is 0 Å². The molecule has 1 amide bonds. The number of hydrogen-bond donors (Lipinski definition) is 2. The molecule has 1 heterocycles. The summed E-state index contributed by atoms with van der Waals surface area (Å²) < 4.78 is 22.7. The summed E-state index contributed by atoms with van der Waals surface area (Å²) in [7, 11) is -3.70. The molecule has 2 aromatic carbocycles. The lowest BCUT2D eigenvalue weighted by molar-refractivity contribution is -0.132. The maximum atomic E-state index is 12.9. The van der Waals surface area contributed by atoms with Crippen molar-refractivity contribution >= 4 is 15.9 Å². The molecule has 1 atom stereocenters. The van der Waals surface area contributed by atoms with E-state index in [0.717, 1.165) is 37.1 Å². The van der Waals surface area contributed by atoms with Gasteiger partial charge < -0.3 is 4.90 Å². The van der Waals surface area contributed by atoms with Gasteiger partial charge in [-0.05, 0) is 36.1 Å². The normalized spacial score (nSPS) is 15.8. The minimum absolute atomic E-state index is 0.0778. The Bertz CT molecular complexity index is 845. The predicted molar refractivity (Wildman–Crippen MR) is 99.7 cm³/mol. The van der Waals surface area contributed by atoms with Gasteiger partial charge in [0.2, 0.25) is 15.9 Å². The van der Waals surface area contributed by atoms with Crippen molar-refractivity contribution in [1.29, 1.82) is 0 Å². The van der Waals surface area contributed by atoms with E-state index in [1.807, 2.05) is 35.2 Å². The number of rotatable bonds is 6. The molecule has 2 aromatic rings. The molecule has 0 bridgehead atoms. The summed E-state index contributed by atoms with van der Waals surface area (Å²) in [5.74, 6) is 0.0786. The van der Waals surface area contributed by atoms with Gasteiger partial charge in [-0.2, -0.15) is 0 Å². The minimum atomic E-state index is -3.70. The van der Waals surface area contributed by atoms with Crippen LogP contribution < -0.4 is 10.5 Å². The van der Waals surface area contributed by atoms with Crippen LogP contribution in [0.3, 0.4) is 0 Å². The number of amides is 1. The highest BCUT2D eigenvalue weighted by Gasteiger charge is 2.27. The number of nitrogens with two attached hydrogens (primary N) is 1. The van der Waals surface area contributed by atoms with Crippen LogP contribution in [-0.4, -0.2) is 32.3 Å². The van der Waals surface area contributed by atoms with Crippen LogP contribution in [0, 0.1) is 0 Å². The van der Waals surface area contributed by atoms with Gasteiger partial charge in [0.1, 0.15) is 6.04 Å². The van der Waals surface area contributed by atoms with Crippen molar-refractivity contribution in [3.63, 3.8) is 0 Å². The third-order valence-electron chi connectivity index (χ3n) is 4.56. The second kappa shape index (κ2) is 7.99. The Hall–Kier alpha value is -2.22. The van der Waals surface area contributed by atoms with Crippen molar-refractivity contribution < 1.29 is 13.2 Å². The molecule has 6 nitrogen and oxygen atoms in total. The first kappa shape index (κ1) is 18.6. The van der Waals surface area contributed by atoms with Gasteiger partial charge in [0.15, 0.2) is 0 Å². The van der Waals surface area contributed by atoms with Crippen molar-refractivity contribution in [2.24, 2.45) is 5.14 Å². The lowest BCUT2D eigenvalue weighted by Gasteiger charge is -2.24. The number of primary sulfonamides is 1. The molecule has 1 fully saturated rings. The summed E-state index contributed by atoms with van der Waals surface area (Å²) in [5.41, 5.74) is 1.80. The fraction of sp³-hybridized carbons (Fsp3) is 0.316. The SMILES string of the molecule is NS(=O)(=O)c1ccc(CNC(C(=O)N2CCCC2)c2ccccc2)cc1. The Kier molecular flexibility index (Phi) is 5.70. The topological polar surface area (TPSA) is 92.5 Å². The van der Waals surface area contributed by atoms with Crippen molar-refractivity contribution in [2.45, 2.75) is 30.3 Å². The molecular formula is C19H23N3O3S. The van der Waals surface area contributed by atoms with E-state index in [2.05, 4.69) is 5.32 Å². The highest BCUT2D eigenvalue weighted by atomic mass is 32.2. The number of benzene rings is 2. The summed E-state index contributed by atoms with van der Waals surface area (Å²) in [6.45, 7) is 2.05. The van der Waals surface area contributed by atoms with E-state index in [9.17, 15) is 13.2 Å². The van der Waals surface area contributed by atoms with Crippen LogP contribution in [0.1, 0.15) is 30.0 Å². The van der Waals surface area contributed by atoms with Gasteiger partial charge in [-0.25, -0.2) is 13.6 Å². The number of hydrogen-bond acceptors (Lipinski definition) is 4. The lowest BCUT2D eigenvalue weighted by Crippen LogP contribution is -2.39. The highest BCUT2D eigenvalue weighted by Crippen LogP contribution is 2.20. The average Bonchev–Trinajstić information content (AvgIpc) is 3.17. The van der Waals surface area contributed by atoms with Gasteiger partial charge >= 0.3 is 0 Å². The first-order chi connectivity index (χ1) is 12.4. The molecular weight excluding hydrogens is 350 g/mol. The molecule has 1 saturated heterocycles. The Morgan fingerprint density at radius 1 is 1.04 bits per heavy atom. The van der Waals surface area contributed by atoms with Gasteiger partial charge in [0, 0.05) is 19.6 Å². The second-order valence-corrected chi connectivity index (χ2v) is 8.01. The standard InChI is InChI=1S/C19H23N3O3S/c20-26(24,25)17-10-8-15(9-11-17)14-21-18(16-6-2-1-3-7-16)19(23)22-12-4-5-13-22/h1-3,6-11,18,21H,4-5,12-14H2,(H2,20,24,25). The molecule has 3 N–H and O–H groups in total. The summed E-state index contributed by atoms with van der Waals surface area (Å²) in [6.07, 6.45) is 2.09. The summed E-state index contributed by atoms with van der Waals surface area (Å²) in [5, 5.41) is 8.44. The van der Waals surface area contributed by atoms with Crippen molar-refractivity contribution in [3.05, 3.63) is 65.7 Å². The zero-order valence-corrected chi connectivity index (χ0v) is 15.3. The third kappa shape index (κ3) is 4.49. The molecule has 0 spiro atoms. The Balaban J connectivity index is 1.74. The van der Waals surface area contributed by atoms with E-state index in [4.69, 9.17) is 5.14 Å². The van der Waals surface area contributed by atoms with Crippen LogP contribution in [0.15, 0.2) is 59.5 Å². The maximum Gasteiger partial charge on any atom is 0.244 e. The highest BCUT2D eigenvalue weighted by molar-refractivity contribution is 7.89. The monoisotopic (exact) mass is 373 g/mol. The van der Waals surface area contributed by atoms with Gasteiger partial charge in [0.25, 0.3) is 0 Å². The minimum Gasteiger partial charge on any atom is -0.341 e. The zero-order valence-electron chi connectivity index (χ0n) is 14.5. The van der Waals surface area contributed by atoms with Crippen LogP contribution in [0.25, 0.3) is 0 Å². The van der Waals surface area contributed by atoms with Crippen LogP contribution in [0.4, 0.5) is 0 Å². The summed E-state index contributed by atoms with van der Waals surface area (Å²) in [6, 6.07) is 15.6. The van der Waals surface area contributed by atoms with Crippen LogP contribution in [0.2, 0.25) is 0 Å². The van der Waals surface area contributed by atoms with Crippen LogP contribution in [0.5, 0.6) is 0 Å². The summed E-state index contributed by atoms with van der Waals surface area (Å²) in [4.78, 5) is 14.9. The van der Waals surface area contributed by atoms with E-state index >= 15 is 0 Å². The Labute approximate surface area is 154 Å². The number of likely N-dealkylation sites (tertiary alicyclic amines) is 1. The third-order valence-corrected chi connectivity index (χ3v) is 5.49. The molecule has 0 radical (unpaired) electrons. The number of sulfonamides is 1. The largest absolute Gasteiger partial charge is 0.341 e. The molecule has 1 aliphatic rings. The number of nitrogens with zero attached hydrogens (tertiary/aromatic N) is 1. The Morgan fingerprint density at radius 3 is 2.23 bits per heavy atom. The smallest absolute Gasteiger partial charge is 0.244 e. The Morgan fingerprint density at radius 2 is 1.65 bits per heavy atom. The van der Waals surface area contributed by atoms with E-state index in [1.54, 1.807) is 12.1 Å². The fourth-order valence-corrected chi connectivity index (χ4v) is 3.65. The molecule has 1 aliphatic heterocycles. The number of nitrogens with one attached hydrogen (secondary N) is 1. The first-order valence-corrected chi connectivity index (χ1v) is 10.2. The molecule has 138 valence electrons. The van der Waals surface area contributed by atoms with Gasteiger partial charge in [-0.3, -0.25) is 10.1 Å². The first-order valence-electron chi connectivity index (χ1n) is 8.64. The molecule has 0 saturated carbocycles. The van der Waals surface area contributed by atoms with Crippen molar-refractivity contribution in [2.75, 3.05) is 13.1 Å². The number of carbonyl (C=O) groups is 1. The van der Waals surface area contributed by atoms with E-state index in [1.165, 1.54) is 12.1 Å². The molecule has 26 heavy (non-hydrogen) atoms. The number of carbonyl (C=O) groups excluding carboxylic acids is 1. The molecule has 7 heteroatoms. The van der Waals surface area contributed by atoms with E-state index < -0.39 is 16.1 Å². The van der Waals surface area contributed by atoms with E-state index in [-0.39, 0.29) is 10.8 Å². The van der Waals surface area contributed by atoms with Gasteiger partial charge in [-0.1, -0.05) is 42.5 Å². The quantitative estimate of drug-likeness (QED) is 0.807. The fourth-order valence-electron chi connectivity index (χ4n) is 3.13. The van der Waals surface area contributed by atoms with Crippen LogP contribution in [-0.2, 0) is 21.4 Å². The zero-order chi connectivity index (χ0) is 18.6. The maximum absolute atomic E-state index is 12.9. The lowest BCUT2D eigenvalue weighted by atomic mass is 10.0. The molecule has 1 unspecified atom stereocenters.